The van der Waals surface area contributed by atoms with E-state index in [0.717, 1.165) is 0 Å². The van der Waals surface area contributed by atoms with E-state index in [1.807, 2.05) is 4.90 Å². The largest absolute Gasteiger partial charge is 0.508 e. The Morgan fingerprint density at radius 2 is 1.82 bits per heavy atom. The number of nitrogen functional groups attached to an aromatic ring is 1. The maximum absolute atomic E-state index is 14.1. The van der Waals surface area contributed by atoms with E-state index < -0.39 is 24.3 Å². The number of carboxylic acid groups (broad SMARTS) is 1. The number of phenolic OH excluding ortho intramolecular Hbond substituents is 1. The molecule has 12 heteroatoms. The number of aromatic hydroxyl groups is 1. The molecule has 0 unspecified atom stereocenters. The van der Waals surface area contributed by atoms with Gasteiger partial charge in [-0.25, -0.2) is 0 Å². The number of hydrogen-bond donors (Lipinski definition) is 4. The lowest BCUT2D eigenvalue weighted by molar-refractivity contribution is -0.198. The van der Waals surface area contributed by atoms with Crippen molar-refractivity contribution in [3.63, 3.8) is 0 Å². The average Bonchev–Trinajstić information content (AvgIpc) is 3.31. The van der Waals surface area contributed by atoms with Crippen LogP contribution in [-0.2, 0) is 4.79 Å². The molecular weight excluding hydrogens is 515 g/mol. The molecule has 2 atom stereocenters. The summed E-state index contributed by atoms with van der Waals surface area (Å²) in [5, 5.41) is 22.0. The highest BCUT2D eigenvalue weighted by Gasteiger charge is 2.45. The van der Waals surface area contributed by atoms with Crippen molar-refractivity contribution < 1.29 is 32.9 Å². The smallest absolute Gasteiger partial charge is 0.429 e. The molecule has 2 saturated heterocycles. The van der Waals surface area contributed by atoms with Crippen molar-refractivity contribution in [3.8, 4) is 22.8 Å². The predicted molar refractivity (Wildman–Crippen MR) is 137 cm³/mol. The van der Waals surface area contributed by atoms with Gasteiger partial charge in [-0.1, -0.05) is 36.4 Å². The van der Waals surface area contributed by atoms with Gasteiger partial charge in [0.2, 0.25) is 17.9 Å². The molecule has 0 amide bonds. The van der Waals surface area contributed by atoms with Crippen LogP contribution in [-0.4, -0.2) is 58.0 Å². The summed E-state index contributed by atoms with van der Waals surface area (Å²) in [5.74, 6) is -0.971. The lowest BCUT2D eigenvalue weighted by atomic mass is 9.76. The minimum absolute atomic E-state index is 0.0541. The monoisotopic (exact) mass is 543 g/mol. The number of nitrogens with zero attached hydrogens (tertiary/aromatic N) is 3. The predicted octanol–water partition coefficient (Wildman–Crippen LogP) is 4.15. The Hall–Kier alpha value is -4.06. The number of carbonyl (C=O) groups is 1. The van der Waals surface area contributed by atoms with E-state index in [1.165, 1.54) is 42.5 Å². The van der Waals surface area contributed by atoms with Crippen molar-refractivity contribution in [3.05, 3.63) is 60.2 Å². The number of nitrogens with one attached hydrogen (secondary N) is 1. The summed E-state index contributed by atoms with van der Waals surface area (Å²) < 4.78 is 47.6. The molecule has 1 aromatic heterocycles. The maximum atomic E-state index is 14.1. The summed E-state index contributed by atoms with van der Waals surface area (Å²) in [6.07, 6.45) is -5.07. The minimum Gasteiger partial charge on any atom is -0.508 e. The first-order valence-electron chi connectivity index (χ1n) is 12.5. The highest BCUT2D eigenvalue weighted by Crippen LogP contribution is 2.41. The number of carboxylic acids is 1. The maximum Gasteiger partial charge on any atom is 0.429 e. The number of anilines is 2. The number of piperidine rings is 1. The van der Waals surface area contributed by atoms with Crippen molar-refractivity contribution in [1.29, 1.82) is 0 Å². The number of benzene rings is 2. The van der Waals surface area contributed by atoms with Crippen LogP contribution in [0.3, 0.4) is 0 Å². The molecule has 2 aromatic carbocycles. The molecule has 1 spiro atoms. The second-order valence-corrected chi connectivity index (χ2v) is 10.1. The van der Waals surface area contributed by atoms with Gasteiger partial charge in [-0.2, -0.15) is 23.1 Å². The van der Waals surface area contributed by atoms with Gasteiger partial charge in [0.1, 0.15) is 17.6 Å². The third kappa shape index (κ3) is 5.85. The molecule has 0 bridgehead atoms. The van der Waals surface area contributed by atoms with Gasteiger partial charge in [0.15, 0.2) is 0 Å². The molecule has 2 fully saturated rings. The first-order chi connectivity index (χ1) is 18.5. The quantitative estimate of drug-likeness (QED) is 0.362. The van der Waals surface area contributed by atoms with E-state index in [0.29, 0.717) is 55.8 Å². The number of aromatic nitrogens is 2. The minimum atomic E-state index is -4.74. The third-order valence-corrected chi connectivity index (χ3v) is 7.44. The zero-order valence-corrected chi connectivity index (χ0v) is 20.9. The Morgan fingerprint density at radius 3 is 2.44 bits per heavy atom. The fraction of sp³-hybridized carbons (Fsp3) is 0.370. The van der Waals surface area contributed by atoms with Crippen LogP contribution < -0.4 is 20.7 Å². The highest BCUT2D eigenvalue weighted by molar-refractivity contribution is 5.74. The summed E-state index contributed by atoms with van der Waals surface area (Å²) in [7, 11) is 0. The van der Waals surface area contributed by atoms with Crippen LogP contribution in [0.2, 0.25) is 0 Å². The fourth-order valence-electron chi connectivity index (χ4n) is 5.32. The third-order valence-electron chi connectivity index (χ3n) is 7.44. The van der Waals surface area contributed by atoms with E-state index >= 15 is 0 Å². The summed E-state index contributed by atoms with van der Waals surface area (Å²) in [6, 6.07) is 12.9. The van der Waals surface area contributed by atoms with E-state index in [4.69, 9.17) is 10.5 Å². The number of alkyl halides is 3. The summed E-state index contributed by atoms with van der Waals surface area (Å²) in [5.41, 5.74) is 6.89. The van der Waals surface area contributed by atoms with Crippen LogP contribution in [0.15, 0.2) is 54.6 Å². The van der Waals surface area contributed by atoms with Crippen molar-refractivity contribution in [1.82, 2.24) is 15.3 Å². The van der Waals surface area contributed by atoms with Gasteiger partial charge in [0.25, 0.3) is 0 Å². The zero-order chi connectivity index (χ0) is 27.8. The standard InChI is InChI=1S/C27H28F3N5O4/c28-27(29,30)23(17-6-4-16(5-7-17)18-2-1-3-19(36)12-18)39-22-13-21(33-25(31)34-22)35-10-8-26(9-11-35)14-20(24(37)38)32-15-26/h1-7,12-13,20,23,32,36H,8-11,14-15H2,(H,37,38)(H2,31,33,34)/t20-,23+/m0/s1. The van der Waals surface area contributed by atoms with Crippen LogP contribution in [0.1, 0.15) is 30.9 Å². The number of hydrogen-bond acceptors (Lipinski definition) is 8. The number of rotatable bonds is 6. The van der Waals surface area contributed by atoms with Gasteiger partial charge in [-0.15, -0.1) is 0 Å². The number of aliphatic carboxylic acids is 1. The normalized spacial score (nSPS) is 19.7. The molecule has 206 valence electrons. The molecule has 39 heavy (non-hydrogen) atoms. The van der Waals surface area contributed by atoms with Gasteiger partial charge >= 0.3 is 12.1 Å². The summed E-state index contributed by atoms with van der Waals surface area (Å²) in [6.45, 7) is 1.70. The van der Waals surface area contributed by atoms with E-state index in [1.54, 1.807) is 12.1 Å². The van der Waals surface area contributed by atoms with Crippen LogP contribution in [0.4, 0.5) is 24.9 Å². The molecule has 2 aliphatic rings. The van der Waals surface area contributed by atoms with Gasteiger partial charge in [0.05, 0.1) is 0 Å². The van der Waals surface area contributed by atoms with Gasteiger partial charge in [-0.3, -0.25) is 4.79 Å². The molecule has 0 aliphatic carbocycles. The van der Waals surface area contributed by atoms with E-state index in [-0.39, 0.29) is 28.6 Å². The molecule has 5 rings (SSSR count). The lowest BCUT2D eigenvalue weighted by Gasteiger charge is -2.39. The van der Waals surface area contributed by atoms with Crippen molar-refractivity contribution in [2.75, 3.05) is 30.3 Å². The topological polar surface area (TPSA) is 134 Å². The second-order valence-electron chi connectivity index (χ2n) is 10.1. The van der Waals surface area contributed by atoms with Crippen molar-refractivity contribution in [2.24, 2.45) is 5.41 Å². The van der Waals surface area contributed by atoms with Crippen molar-refractivity contribution in [2.45, 2.75) is 37.6 Å². The molecule has 9 nitrogen and oxygen atoms in total. The number of phenols is 1. The SMILES string of the molecule is Nc1nc(O[C@H](c2ccc(-c3cccc(O)c3)cc2)C(F)(F)F)cc(N2CCC3(CC2)CN[C@H](C(=O)O)C3)n1. The van der Waals surface area contributed by atoms with Gasteiger partial charge in [0, 0.05) is 31.3 Å². The number of halogens is 3. The second kappa shape index (κ2) is 10.3. The van der Waals surface area contributed by atoms with Crippen molar-refractivity contribution >= 4 is 17.7 Å². The molecule has 5 N–H and O–H groups in total. The first kappa shape index (κ1) is 26.5. The van der Waals surface area contributed by atoms with E-state index in [9.17, 15) is 28.2 Å². The Balaban J connectivity index is 1.32. The first-order valence-corrected chi connectivity index (χ1v) is 12.5. The number of nitrogens with two attached hydrogens (primary N) is 1. The Kier molecular flexibility index (Phi) is 6.98. The average molecular weight is 544 g/mol. The van der Waals surface area contributed by atoms with Crippen LogP contribution in [0, 0.1) is 5.41 Å². The zero-order valence-electron chi connectivity index (χ0n) is 20.9. The van der Waals surface area contributed by atoms with Crippen LogP contribution >= 0.6 is 0 Å². The summed E-state index contributed by atoms with van der Waals surface area (Å²) in [4.78, 5) is 21.3. The van der Waals surface area contributed by atoms with Gasteiger partial charge in [-0.05, 0) is 47.9 Å². The molecule has 0 radical (unpaired) electrons. The van der Waals surface area contributed by atoms with Gasteiger partial charge < -0.3 is 30.9 Å². The highest BCUT2D eigenvalue weighted by atomic mass is 19.4. The van der Waals surface area contributed by atoms with Crippen LogP contribution in [0.25, 0.3) is 11.1 Å². The Labute approximate surface area is 222 Å². The molecule has 3 aromatic rings. The molecule has 2 aliphatic heterocycles. The summed E-state index contributed by atoms with van der Waals surface area (Å²) >= 11 is 0. The number of ether oxygens (including phenoxy) is 1. The van der Waals surface area contributed by atoms with E-state index in [2.05, 4.69) is 15.3 Å². The molecule has 3 heterocycles. The molecule has 0 saturated carbocycles. The van der Waals surface area contributed by atoms with Crippen LogP contribution in [0.5, 0.6) is 11.6 Å². The molecular formula is C27H28F3N5O4. The fourth-order valence-corrected chi connectivity index (χ4v) is 5.32. The Bertz CT molecular complexity index is 1340. The Morgan fingerprint density at radius 1 is 1.10 bits per heavy atom. The lowest BCUT2D eigenvalue weighted by Crippen LogP contribution is -2.41.